The Kier molecular flexibility index (Phi) is 3.88. The van der Waals surface area contributed by atoms with Gasteiger partial charge in [-0.05, 0) is 12.1 Å². The topological polar surface area (TPSA) is 20.3 Å². The second kappa shape index (κ2) is 5.97. The van der Waals surface area contributed by atoms with E-state index in [4.69, 9.17) is 0 Å². The monoisotopic (exact) mass is 281 g/mol. The smallest absolute Gasteiger partial charge is 0.188 e. The molecule has 0 unspecified atom stereocenters. The minimum absolute atomic E-state index is 0.0657. The largest absolute Gasteiger partial charge is 0.335 e. The number of allylic oxidation sites excluding steroid dienone is 1. The van der Waals surface area contributed by atoms with Gasteiger partial charge in [0.1, 0.15) is 0 Å². The molecule has 1 fully saturated rings. The van der Waals surface area contributed by atoms with Crippen molar-refractivity contribution in [1.82, 2.24) is 0 Å². The standard InChI is InChI=1S/C17H15NOS/c19-16(14-7-3-1-4-8-14)13-17-18(11-12-20-17)15-9-5-2-6-10-15/h1-10,13H,11-12H2. The molecule has 0 spiro atoms. The molecule has 1 saturated heterocycles. The first-order valence-corrected chi connectivity index (χ1v) is 7.59. The van der Waals surface area contributed by atoms with Crippen molar-refractivity contribution in [3.63, 3.8) is 0 Å². The van der Waals surface area contributed by atoms with Gasteiger partial charge >= 0.3 is 0 Å². The van der Waals surface area contributed by atoms with Gasteiger partial charge in [0, 0.05) is 29.6 Å². The van der Waals surface area contributed by atoms with E-state index >= 15 is 0 Å². The summed E-state index contributed by atoms with van der Waals surface area (Å²) < 4.78 is 0. The van der Waals surface area contributed by atoms with Crippen LogP contribution in [-0.4, -0.2) is 18.1 Å². The summed E-state index contributed by atoms with van der Waals surface area (Å²) in [5.74, 6) is 1.08. The maximum Gasteiger partial charge on any atom is 0.188 e. The zero-order chi connectivity index (χ0) is 13.8. The molecule has 0 atom stereocenters. The van der Waals surface area contributed by atoms with Gasteiger partial charge in [0.05, 0.1) is 5.03 Å². The molecule has 1 aliphatic heterocycles. The van der Waals surface area contributed by atoms with E-state index in [2.05, 4.69) is 17.0 Å². The van der Waals surface area contributed by atoms with Gasteiger partial charge in [-0.15, -0.1) is 11.8 Å². The summed E-state index contributed by atoms with van der Waals surface area (Å²) in [4.78, 5) is 14.5. The number of benzene rings is 2. The van der Waals surface area contributed by atoms with Crippen molar-refractivity contribution in [3.05, 3.63) is 77.3 Å². The SMILES string of the molecule is O=C(C=C1SCCN1c1ccccc1)c1ccccc1. The number of carbonyl (C=O) groups excluding carboxylic acids is 1. The zero-order valence-electron chi connectivity index (χ0n) is 11.0. The Balaban J connectivity index is 1.86. The normalized spacial score (nSPS) is 16.6. The molecule has 1 heterocycles. The molecule has 0 radical (unpaired) electrons. The minimum atomic E-state index is 0.0657. The van der Waals surface area contributed by atoms with Gasteiger partial charge in [-0.3, -0.25) is 4.79 Å². The Morgan fingerprint density at radius 1 is 1.00 bits per heavy atom. The van der Waals surface area contributed by atoms with E-state index in [0.717, 1.165) is 28.6 Å². The van der Waals surface area contributed by atoms with E-state index < -0.39 is 0 Å². The minimum Gasteiger partial charge on any atom is -0.335 e. The number of anilines is 1. The number of thioether (sulfide) groups is 1. The highest BCUT2D eigenvalue weighted by Crippen LogP contribution is 2.32. The van der Waals surface area contributed by atoms with Crippen molar-refractivity contribution < 1.29 is 4.79 Å². The van der Waals surface area contributed by atoms with Crippen LogP contribution in [0, 0.1) is 0 Å². The third-order valence-corrected chi connectivity index (χ3v) is 4.23. The summed E-state index contributed by atoms with van der Waals surface area (Å²) in [6.07, 6.45) is 1.75. The zero-order valence-corrected chi connectivity index (χ0v) is 11.8. The summed E-state index contributed by atoms with van der Waals surface area (Å²) in [5, 5.41) is 1.03. The molecule has 2 aromatic rings. The predicted molar refractivity (Wildman–Crippen MR) is 85.1 cm³/mol. The molecule has 2 nitrogen and oxygen atoms in total. The van der Waals surface area contributed by atoms with Crippen LogP contribution >= 0.6 is 11.8 Å². The van der Waals surface area contributed by atoms with Gasteiger partial charge in [0.25, 0.3) is 0 Å². The van der Waals surface area contributed by atoms with Crippen LogP contribution < -0.4 is 4.90 Å². The molecule has 0 bridgehead atoms. The van der Waals surface area contributed by atoms with E-state index in [1.807, 2.05) is 48.5 Å². The average molecular weight is 281 g/mol. The van der Waals surface area contributed by atoms with Crippen molar-refractivity contribution >= 4 is 23.2 Å². The molecule has 0 saturated carbocycles. The van der Waals surface area contributed by atoms with Gasteiger partial charge in [-0.2, -0.15) is 0 Å². The van der Waals surface area contributed by atoms with Gasteiger partial charge < -0.3 is 4.90 Å². The molecule has 0 aliphatic carbocycles. The van der Waals surface area contributed by atoms with Crippen molar-refractivity contribution in [1.29, 1.82) is 0 Å². The molecule has 2 aromatic carbocycles. The molecule has 0 amide bonds. The fourth-order valence-electron chi connectivity index (χ4n) is 2.21. The van der Waals surface area contributed by atoms with Gasteiger partial charge in [0.2, 0.25) is 0 Å². The fraction of sp³-hybridized carbons (Fsp3) is 0.118. The summed E-state index contributed by atoms with van der Waals surface area (Å²) >= 11 is 1.73. The molecule has 3 rings (SSSR count). The first-order chi connectivity index (χ1) is 9.84. The molecular weight excluding hydrogens is 266 g/mol. The number of hydrogen-bond donors (Lipinski definition) is 0. The highest BCUT2D eigenvalue weighted by molar-refractivity contribution is 8.03. The Labute approximate surface area is 123 Å². The van der Waals surface area contributed by atoms with E-state index in [0.29, 0.717) is 0 Å². The first kappa shape index (κ1) is 13.0. The number of para-hydroxylation sites is 1. The van der Waals surface area contributed by atoms with E-state index in [9.17, 15) is 4.79 Å². The van der Waals surface area contributed by atoms with Crippen LogP contribution in [-0.2, 0) is 0 Å². The second-order valence-electron chi connectivity index (χ2n) is 4.55. The molecule has 100 valence electrons. The van der Waals surface area contributed by atoms with Gasteiger partial charge in [-0.25, -0.2) is 0 Å². The lowest BCUT2D eigenvalue weighted by Crippen LogP contribution is -2.17. The Hall–Kier alpha value is -2.00. The Bertz CT molecular complexity index is 622. The van der Waals surface area contributed by atoms with Crippen molar-refractivity contribution in [3.8, 4) is 0 Å². The highest BCUT2D eigenvalue weighted by Gasteiger charge is 2.20. The number of nitrogens with zero attached hydrogens (tertiary/aromatic N) is 1. The van der Waals surface area contributed by atoms with Crippen LogP contribution in [0.25, 0.3) is 0 Å². The number of rotatable bonds is 3. The van der Waals surface area contributed by atoms with E-state index in [-0.39, 0.29) is 5.78 Å². The maximum absolute atomic E-state index is 12.3. The summed E-state index contributed by atoms with van der Waals surface area (Å²) in [7, 11) is 0. The highest BCUT2D eigenvalue weighted by atomic mass is 32.2. The van der Waals surface area contributed by atoms with Gasteiger partial charge in [0.15, 0.2) is 5.78 Å². The first-order valence-electron chi connectivity index (χ1n) is 6.61. The van der Waals surface area contributed by atoms with Crippen LogP contribution in [0.4, 0.5) is 5.69 Å². The van der Waals surface area contributed by atoms with Crippen molar-refractivity contribution in [2.75, 3.05) is 17.2 Å². The molecule has 1 aliphatic rings. The maximum atomic E-state index is 12.3. The van der Waals surface area contributed by atoms with Crippen LogP contribution in [0.3, 0.4) is 0 Å². The third kappa shape index (κ3) is 2.78. The van der Waals surface area contributed by atoms with Crippen LogP contribution in [0.5, 0.6) is 0 Å². The number of carbonyl (C=O) groups is 1. The number of hydrogen-bond acceptors (Lipinski definition) is 3. The molecule has 0 aromatic heterocycles. The van der Waals surface area contributed by atoms with E-state index in [1.54, 1.807) is 17.8 Å². The fourth-order valence-corrected chi connectivity index (χ4v) is 3.24. The lowest BCUT2D eigenvalue weighted by atomic mass is 10.1. The van der Waals surface area contributed by atoms with Crippen molar-refractivity contribution in [2.24, 2.45) is 0 Å². The van der Waals surface area contributed by atoms with Crippen LogP contribution in [0.15, 0.2) is 71.8 Å². The molecular formula is C17H15NOS. The quantitative estimate of drug-likeness (QED) is 0.627. The lowest BCUT2D eigenvalue weighted by Gasteiger charge is -2.18. The van der Waals surface area contributed by atoms with E-state index in [1.165, 1.54) is 0 Å². The second-order valence-corrected chi connectivity index (χ2v) is 5.66. The van der Waals surface area contributed by atoms with Crippen LogP contribution in [0.1, 0.15) is 10.4 Å². The summed E-state index contributed by atoms with van der Waals surface area (Å²) in [6.45, 7) is 0.947. The van der Waals surface area contributed by atoms with Crippen molar-refractivity contribution in [2.45, 2.75) is 0 Å². The Morgan fingerprint density at radius 2 is 1.65 bits per heavy atom. The predicted octanol–water partition coefficient (Wildman–Crippen LogP) is 3.96. The molecule has 0 N–H and O–H groups in total. The molecule has 20 heavy (non-hydrogen) atoms. The van der Waals surface area contributed by atoms with Gasteiger partial charge in [-0.1, -0.05) is 48.5 Å². The number of ketones is 1. The summed E-state index contributed by atoms with van der Waals surface area (Å²) in [5.41, 5.74) is 1.88. The lowest BCUT2D eigenvalue weighted by molar-refractivity contribution is 0.104. The average Bonchev–Trinajstić information content (AvgIpc) is 2.97. The third-order valence-electron chi connectivity index (χ3n) is 3.21. The molecule has 3 heteroatoms. The summed E-state index contributed by atoms with van der Waals surface area (Å²) in [6, 6.07) is 19.6. The van der Waals surface area contributed by atoms with Crippen LogP contribution in [0.2, 0.25) is 0 Å². The Morgan fingerprint density at radius 3 is 2.35 bits per heavy atom.